The highest BCUT2D eigenvalue weighted by Gasteiger charge is 2.15. The second-order valence-corrected chi connectivity index (χ2v) is 5.19. The van der Waals surface area contributed by atoms with E-state index in [1.807, 2.05) is 0 Å². The first-order valence-corrected chi connectivity index (χ1v) is 6.92. The number of hydrogen-bond acceptors (Lipinski definition) is 2. The number of hydrogen-bond donors (Lipinski definition) is 2. The topological polar surface area (TPSA) is 41.1 Å². The van der Waals surface area contributed by atoms with E-state index in [0.29, 0.717) is 18.0 Å². The van der Waals surface area contributed by atoms with Crippen molar-refractivity contribution in [3.05, 3.63) is 35.1 Å². The lowest BCUT2D eigenvalue weighted by atomic mass is 9.96. The summed E-state index contributed by atoms with van der Waals surface area (Å²) in [5, 5.41) is 6.16. The summed E-state index contributed by atoms with van der Waals surface area (Å²) in [5.41, 5.74) is 0.644. The Morgan fingerprint density at radius 1 is 1.53 bits per heavy atom. The zero-order valence-corrected chi connectivity index (χ0v) is 11.3. The predicted molar refractivity (Wildman–Crippen MR) is 73.7 cm³/mol. The average molecular weight is 264 g/mol. The van der Waals surface area contributed by atoms with Crippen molar-refractivity contribution in [1.29, 1.82) is 0 Å². The van der Waals surface area contributed by atoms with Crippen LogP contribution < -0.4 is 10.6 Å². The molecule has 1 aromatic rings. The molecule has 1 fully saturated rings. The Hall–Kier alpha value is -1.42. The summed E-state index contributed by atoms with van der Waals surface area (Å²) in [6.45, 7) is 4.39. The van der Waals surface area contributed by atoms with Crippen LogP contribution in [0.3, 0.4) is 0 Å². The Kier molecular flexibility index (Phi) is 4.91. The highest BCUT2D eigenvalue weighted by Crippen LogP contribution is 2.14. The van der Waals surface area contributed by atoms with Gasteiger partial charge in [-0.15, -0.1) is 0 Å². The van der Waals surface area contributed by atoms with E-state index in [1.54, 1.807) is 19.1 Å². The normalized spacial score (nSPS) is 19.2. The molecule has 0 bridgehead atoms. The fourth-order valence-electron chi connectivity index (χ4n) is 2.48. The summed E-state index contributed by atoms with van der Waals surface area (Å²) >= 11 is 0. The summed E-state index contributed by atoms with van der Waals surface area (Å²) in [6, 6.07) is 4.90. The first-order valence-electron chi connectivity index (χ1n) is 6.92. The maximum Gasteiger partial charge on any atom is 0.254 e. The zero-order chi connectivity index (χ0) is 13.7. The molecule has 1 aromatic carbocycles. The molecule has 0 spiro atoms. The molecule has 1 amide bonds. The Labute approximate surface area is 113 Å². The molecular weight excluding hydrogens is 243 g/mol. The second-order valence-electron chi connectivity index (χ2n) is 5.19. The van der Waals surface area contributed by atoms with E-state index in [2.05, 4.69) is 10.6 Å². The molecule has 4 heteroatoms. The van der Waals surface area contributed by atoms with E-state index in [4.69, 9.17) is 0 Å². The third kappa shape index (κ3) is 3.77. The lowest BCUT2D eigenvalue weighted by Crippen LogP contribution is -2.33. The van der Waals surface area contributed by atoms with Gasteiger partial charge in [0, 0.05) is 6.54 Å². The smallest absolute Gasteiger partial charge is 0.254 e. The van der Waals surface area contributed by atoms with Gasteiger partial charge in [0.25, 0.3) is 5.91 Å². The number of amides is 1. The predicted octanol–water partition coefficient (Wildman–Crippen LogP) is 2.25. The van der Waals surface area contributed by atoms with Gasteiger partial charge in [-0.2, -0.15) is 0 Å². The van der Waals surface area contributed by atoms with E-state index < -0.39 is 5.82 Å². The van der Waals surface area contributed by atoms with Gasteiger partial charge < -0.3 is 10.6 Å². The van der Waals surface area contributed by atoms with Gasteiger partial charge in [-0.25, -0.2) is 4.39 Å². The molecule has 0 saturated carbocycles. The summed E-state index contributed by atoms with van der Waals surface area (Å²) in [7, 11) is 0. The van der Waals surface area contributed by atoms with Gasteiger partial charge in [-0.1, -0.05) is 12.1 Å². The molecule has 3 nitrogen and oxygen atoms in total. The third-order valence-corrected chi connectivity index (χ3v) is 3.67. The lowest BCUT2D eigenvalue weighted by Gasteiger charge is -2.22. The van der Waals surface area contributed by atoms with Crippen LogP contribution >= 0.6 is 0 Å². The van der Waals surface area contributed by atoms with Crippen LogP contribution in [0.15, 0.2) is 18.2 Å². The molecule has 0 radical (unpaired) electrons. The fraction of sp³-hybridized carbons (Fsp3) is 0.533. The van der Waals surface area contributed by atoms with Crippen molar-refractivity contribution in [1.82, 2.24) is 10.6 Å². The van der Waals surface area contributed by atoms with Crippen molar-refractivity contribution in [3.63, 3.8) is 0 Å². The quantitative estimate of drug-likeness (QED) is 0.875. The maximum atomic E-state index is 13.8. The largest absolute Gasteiger partial charge is 0.352 e. The van der Waals surface area contributed by atoms with E-state index in [9.17, 15) is 9.18 Å². The first kappa shape index (κ1) is 14.0. The van der Waals surface area contributed by atoms with Crippen LogP contribution in [-0.2, 0) is 0 Å². The highest BCUT2D eigenvalue weighted by atomic mass is 19.1. The number of nitrogens with one attached hydrogen (secondary N) is 2. The molecule has 1 atom stereocenters. The standard InChI is InChI=1S/C15H21FN2O/c1-11-4-2-6-13(14(11)16)15(19)18-9-7-12-5-3-8-17-10-12/h2,4,6,12,17H,3,5,7-10H2,1H3,(H,18,19)/t12-/m0/s1. The van der Waals surface area contributed by atoms with Gasteiger partial charge >= 0.3 is 0 Å². The molecular formula is C15H21FN2O. The van der Waals surface area contributed by atoms with Crippen LogP contribution in [0.2, 0.25) is 0 Å². The van der Waals surface area contributed by atoms with Crippen LogP contribution in [0.1, 0.15) is 35.2 Å². The molecule has 0 aliphatic carbocycles. The van der Waals surface area contributed by atoms with Gasteiger partial charge in [0.15, 0.2) is 0 Å². The molecule has 0 unspecified atom stereocenters. The van der Waals surface area contributed by atoms with Crippen LogP contribution in [0, 0.1) is 18.7 Å². The molecule has 104 valence electrons. The minimum absolute atomic E-state index is 0.141. The summed E-state index contributed by atoms with van der Waals surface area (Å²) in [5.74, 6) is -0.110. The van der Waals surface area contributed by atoms with Crippen molar-refractivity contribution in [2.45, 2.75) is 26.2 Å². The van der Waals surface area contributed by atoms with E-state index in [-0.39, 0.29) is 11.5 Å². The number of piperidine rings is 1. The number of carbonyl (C=O) groups excluding carboxylic acids is 1. The number of carbonyl (C=O) groups is 1. The SMILES string of the molecule is Cc1cccc(C(=O)NCC[C@@H]2CCCNC2)c1F. The van der Waals surface area contributed by atoms with E-state index >= 15 is 0 Å². The average Bonchev–Trinajstić information content (AvgIpc) is 2.43. The van der Waals surface area contributed by atoms with Crippen molar-refractivity contribution < 1.29 is 9.18 Å². The van der Waals surface area contributed by atoms with Gasteiger partial charge in [0.05, 0.1) is 5.56 Å². The minimum Gasteiger partial charge on any atom is -0.352 e. The minimum atomic E-state index is -0.417. The molecule has 0 aromatic heterocycles. The lowest BCUT2D eigenvalue weighted by molar-refractivity contribution is 0.0946. The Bertz CT molecular complexity index is 442. The molecule has 1 saturated heterocycles. The fourth-order valence-corrected chi connectivity index (χ4v) is 2.48. The van der Waals surface area contributed by atoms with Crippen LogP contribution in [0.4, 0.5) is 4.39 Å². The molecule has 2 rings (SSSR count). The van der Waals surface area contributed by atoms with Crippen LogP contribution in [0.25, 0.3) is 0 Å². The molecule has 1 heterocycles. The van der Waals surface area contributed by atoms with Crippen molar-refractivity contribution in [2.75, 3.05) is 19.6 Å². The number of rotatable bonds is 4. The van der Waals surface area contributed by atoms with Gasteiger partial charge in [0.1, 0.15) is 5.82 Å². The molecule has 19 heavy (non-hydrogen) atoms. The van der Waals surface area contributed by atoms with Crippen LogP contribution in [0.5, 0.6) is 0 Å². The molecule has 1 aliphatic heterocycles. The van der Waals surface area contributed by atoms with E-state index in [1.165, 1.54) is 18.9 Å². The Balaban J connectivity index is 1.82. The van der Waals surface area contributed by atoms with E-state index in [0.717, 1.165) is 19.5 Å². The van der Waals surface area contributed by atoms with Crippen molar-refractivity contribution >= 4 is 5.91 Å². The first-order chi connectivity index (χ1) is 9.18. The Morgan fingerprint density at radius 3 is 3.11 bits per heavy atom. The number of halogens is 1. The molecule has 2 N–H and O–H groups in total. The number of benzene rings is 1. The Morgan fingerprint density at radius 2 is 2.37 bits per heavy atom. The van der Waals surface area contributed by atoms with Crippen molar-refractivity contribution in [2.24, 2.45) is 5.92 Å². The number of aryl methyl sites for hydroxylation is 1. The van der Waals surface area contributed by atoms with Gasteiger partial charge in [-0.3, -0.25) is 4.79 Å². The summed E-state index contributed by atoms with van der Waals surface area (Å²) in [4.78, 5) is 11.9. The summed E-state index contributed by atoms with van der Waals surface area (Å²) in [6.07, 6.45) is 3.36. The van der Waals surface area contributed by atoms with Crippen LogP contribution in [-0.4, -0.2) is 25.5 Å². The second kappa shape index (κ2) is 6.66. The monoisotopic (exact) mass is 264 g/mol. The zero-order valence-electron chi connectivity index (χ0n) is 11.3. The summed E-state index contributed by atoms with van der Waals surface area (Å²) < 4.78 is 13.8. The molecule has 1 aliphatic rings. The van der Waals surface area contributed by atoms with Gasteiger partial charge in [0.2, 0.25) is 0 Å². The van der Waals surface area contributed by atoms with Gasteiger partial charge in [-0.05, 0) is 56.8 Å². The van der Waals surface area contributed by atoms with Crippen molar-refractivity contribution in [3.8, 4) is 0 Å². The highest BCUT2D eigenvalue weighted by molar-refractivity contribution is 5.94. The third-order valence-electron chi connectivity index (χ3n) is 3.67. The maximum absolute atomic E-state index is 13.8.